The standard InChI is InChI=1S/C23H17ClO3/c1-2-26-23(25)19-13-12-18(15-6-4-3-5-7-15)22-21(19)20(14-27-22)16-8-10-17(24)11-9-16/h3-14H,2H2,1H3. The summed E-state index contributed by atoms with van der Waals surface area (Å²) in [5.74, 6) is -0.362. The monoisotopic (exact) mass is 376 g/mol. The number of fused-ring (bicyclic) bond motifs is 1. The van der Waals surface area contributed by atoms with Crippen LogP contribution in [0.5, 0.6) is 0 Å². The van der Waals surface area contributed by atoms with Gasteiger partial charge in [-0.25, -0.2) is 4.79 Å². The Bertz CT molecular complexity index is 1100. The lowest BCUT2D eigenvalue weighted by Crippen LogP contribution is -2.05. The third-order valence-corrected chi connectivity index (χ3v) is 4.71. The van der Waals surface area contributed by atoms with Gasteiger partial charge in [0, 0.05) is 21.5 Å². The molecule has 0 aliphatic rings. The van der Waals surface area contributed by atoms with E-state index in [-0.39, 0.29) is 5.97 Å². The number of benzene rings is 3. The molecule has 0 saturated carbocycles. The number of rotatable bonds is 4. The van der Waals surface area contributed by atoms with Gasteiger partial charge in [-0.1, -0.05) is 54.1 Å². The predicted molar refractivity (Wildman–Crippen MR) is 108 cm³/mol. The molecule has 3 nitrogen and oxygen atoms in total. The van der Waals surface area contributed by atoms with Crippen LogP contribution in [0.3, 0.4) is 0 Å². The summed E-state index contributed by atoms with van der Waals surface area (Å²) in [5, 5.41) is 1.40. The van der Waals surface area contributed by atoms with Gasteiger partial charge in [0.15, 0.2) is 0 Å². The molecule has 1 aromatic heterocycles. The molecule has 0 atom stereocenters. The number of ether oxygens (including phenoxy) is 1. The minimum Gasteiger partial charge on any atom is -0.463 e. The van der Waals surface area contributed by atoms with Crippen LogP contribution in [0.15, 0.2) is 77.4 Å². The van der Waals surface area contributed by atoms with Crippen LogP contribution in [-0.2, 0) is 4.74 Å². The van der Waals surface area contributed by atoms with Crippen LogP contribution < -0.4 is 0 Å². The van der Waals surface area contributed by atoms with Crippen molar-refractivity contribution in [2.75, 3.05) is 6.61 Å². The van der Waals surface area contributed by atoms with Crippen molar-refractivity contribution < 1.29 is 13.9 Å². The van der Waals surface area contributed by atoms with Crippen molar-refractivity contribution in [2.45, 2.75) is 6.92 Å². The van der Waals surface area contributed by atoms with Gasteiger partial charge in [0.1, 0.15) is 5.58 Å². The first-order valence-electron chi connectivity index (χ1n) is 8.71. The third-order valence-electron chi connectivity index (χ3n) is 4.46. The highest BCUT2D eigenvalue weighted by molar-refractivity contribution is 6.30. The van der Waals surface area contributed by atoms with Crippen molar-refractivity contribution in [3.8, 4) is 22.3 Å². The molecule has 0 saturated heterocycles. The van der Waals surface area contributed by atoms with E-state index in [1.54, 1.807) is 19.3 Å². The van der Waals surface area contributed by atoms with Crippen molar-refractivity contribution >= 4 is 28.5 Å². The number of hydrogen-bond acceptors (Lipinski definition) is 3. The van der Waals surface area contributed by atoms with Gasteiger partial charge in [0.05, 0.1) is 18.4 Å². The first kappa shape index (κ1) is 17.4. The molecule has 134 valence electrons. The van der Waals surface area contributed by atoms with Crippen LogP contribution in [0, 0.1) is 0 Å². The van der Waals surface area contributed by atoms with Crippen LogP contribution >= 0.6 is 11.6 Å². The zero-order valence-corrected chi connectivity index (χ0v) is 15.5. The van der Waals surface area contributed by atoms with E-state index in [9.17, 15) is 4.79 Å². The van der Waals surface area contributed by atoms with E-state index in [1.807, 2.05) is 60.7 Å². The second-order valence-electron chi connectivity index (χ2n) is 6.11. The van der Waals surface area contributed by atoms with Gasteiger partial charge in [0.2, 0.25) is 0 Å². The molecule has 27 heavy (non-hydrogen) atoms. The molecule has 0 aliphatic carbocycles. The highest BCUT2D eigenvalue weighted by Crippen LogP contribution is 2.39. The molecule has 0 unspecified atom stereocenters. The second-order valence-corrected chi connectivity index (χ2v) is 6.54. The Labute approximate surface area is 162 Å². The van der Waals surface area contributed by atoms with Gasteiger partial charge in [-0.15, -0.1) is 0 Å². The zero-order valence-electron chi connectivity index (χ0n) is 14.7. The number of halogens is 1. The van der Waals surface area contributed by atoms with Gasteiger partial charge >= 0.3 is 5.97 Å². The topological polar surface area (TPSA) is 39.4 Å². The van der Waals surface area contributed by atoms with E-state index >= 15 is 0 Å². The summed E-state index contributed by atoms with van der Waals surface area (Å²) >= 11 is 6.02. The summed E-state index contributed by atoms with van der Waals surface area (Å²) < 4.78 is 11.2. The van der Waals surface area contributed by atoms with Gasteiger partial charge in [-0.3, -0.25) is 0 Å². The zero-order chi connectivity index (χ0) is 18.8. The Morgan fingerprint density at radius 3 is 2.33 bits per heavy atom. The molecule has 3 aromatic carbocycles. The fourth-order valence-corrected chi connectivity index (χ4v) is 3.34. The molecule has 0 amide bonds. The maximum atomic E-state index is 12.6. The lowest BCUT2D eigenvalue weighted by atomic mass is 9.96. The molecule has 0 N–H and O–H groups in total. The molecular formula is C23H17ClO3. The van der Waals surface area contributed by atoms with E-state index in [1.165, 1.54) is 0 Å². The molecule has 4 aromatic rings. The van der Waals surface area contributed by atoms with Gasteiger partial charge in [0.25, 0.3) is 0 Å². The quantitative estimate of drug-likeness (QED) is 0.377. The molecule has 0 aliphatic heterocycles. The Kier molecular flexibility index (Phi) is 4.69. The summed E-state index contributed by atoms with van der Waals surface area (Å²) in [4.78, 5) is 12.6. The van der Waals surface area contributed by atoms with Crippen molar-refractivity contribution in [1.82, 2.24) is 0 Å². The predicted octanol–water partition coefficient (Wildman–Crippen LogP) is 6.60. The Balaban J connectivity index is 1.99. The average Bonchev–Trinajstić information content (AvgIpc) is 3.14. The summed E-state index contributed by atoms with van der Waals surface area (Å²) in [5.41, 5.74) is 4.87. The van der Waals surface area contributed by atoms with E-state index in [2.05, 4.69) is 0 Å². The Hall–Kier alpha value is -3.04. The third kappa shape index (κ3) is 3.22. The highest BCUT2D eigenvalue weighted by Gasteiger charge is 2.21. The van der Waals surface area contributed by atoms with Gasteiger partial charge in [-0.05, 0) is 42.3 Å². The largest absolute Gasteiger partial charge is 0.463 e. The van der Waals surface area contributed by atoms with Gasteiger partial charge < -0.3 is 9.15 Å². The van der Waals surface area contributed by atoms with Crippen molar-refractivity contribution in [3.05, 3.63) is 83.6 Å². The molecule has 0 spiro atoms. The van der Waals surface area contributed by atoms with Crippen LogP contribution in [0.25, 0.3) is 33.2 Å². The summed E-state index contributed by atoms with van der Waals surface area (Å²) in [6.07, 6.45) is 1.68. The van der Waals surface area contributed by atoms with Crippen molar-refractivity contribution in [2.24, 2.45) is 0 Å². The normalized spacial score (nSPS) is 10.9. The number of furan rings is 1. The number of carbonyl (C=O) groups is 1. The number of carbonyl (C=O) groups excluding carboxylic acids is 1. The maximum absolute atomic E-state index is 12.6. The highest BCUT2D eigenvalue weighted by atomic mass is 35.5. The second kappa shape index (κ2) is 7.29. The van der Waals surface area contributed by atoms with Gasteiger partial charge in [-0.2, -0.15) is 0 Å². The Morgan fingerprint density at radius 1 is 0.926 bits per heavy atom. The molecular weight excluding hydrogens is 360 g/mol. The SMILES string of the molecule is CCOC(=O)c1ccc(-c2ccccc2)c2occ(-c3ccc(Cl)cc3)c12. The minimum atomic E-state index is -0.362. The van der Waals surface area contributed by atoms with Crippen LogP contribution in [0.2, 0.25) is 5.02 Å². The Morgan fingerprint density at radius 2 is 1.63 bits per heavy atom. The van der Waals surface area contributed by atoms with E-state index in [0.717, 1.165) is 27.6 Å². The lowest BCUT2D eigenvalue weighted by Gasteiger charge is -2.09. The van der Waals surface area contributed by atoms with Crippen molar-refractivity contribution in [3.63, 3.8) is 0 Å². The molecule has 0 bridgehead atoms. The fourth-order valence-electron chi connectivity index (χ4n) is 3.22. The van der Waals surface area contributed by atoms with Crippen LogP contribution in [0.1, 0.15) is 17.3 Å². The molecule has 4 rings (SSSR count). The fraction of sp³-hybridized carbons (Fsp3) is 0.0870. The summed E-state index contributed by atoms with van der Waals surface area (Å²) in [7, 11) is 0. The number of esters is 1. The lowest BCUT2D eigenvalue weighted by molar-refractivity contribution is 0.0528. The summed E-state index contributed by atoms with van der Waals surface area (Å²) in [6.45, 7) is 2.11. The van der Waals surface area contributed by atoms with Crippen LogP contribution in [-0.4, -0.2) is 12.6 Å². The maximum Gasteiger partial charge on any atom is 0.338 e. The van der Waals surface area contributed by atoms with Crippen molar-refractivity contribution in [1.29, 1.82) is 0 Å². The molecule has 1 heterocycles. The molecule has 0 fully saturated rings. The van der Waals surface area contributed by atoms with E-state index in [0.29, 0.717) is 22.8 Å². The summed E-state index contributed by atoms with van der Waals surface area (Å²) in [6, 6.07) is 21.1. The first-order chi connectivity index (χ1) is 13.2. The van der Waals surface area contributed by atoms with Crippen LogP contribution in [0.4, 0.5) is 0 Å². The average molecular weight is 377 g/mol. The smallest absolute Gasteiger partial charge is 0.338 e. The molecule has 0 radical (unpaired) electrons. The minimum absolute atomic E-state index is 0.314. The first-order valence-corrected chi connectivity index (χ1v) is 9.09. The molecule has 4 heteroatoms. The number of hydrogen-bond donors (Lipinski definition) is 0. The van der Waals surface area contributed by atoms with E-state index in [4.69, 9.17) is 20.8 Å². The van der Waals surface area contributed by atoms with E-state index < -0.39 is 0 Å².